The van der Waals surface area contributed by atoms with E-state index in [-0.39, 0.29) is 5.91 Å². The van der Waals surface area contributed by atoms with Crippen LogP contribution in [0.15, 0.2) is 34.7 Å². The Morgan fingerprint density at radius 3 is 2.45 bits per heavy atom. The fourth-order valence-electron chi connectivity index (χ4n) is 2.44. The van der Waals surface area contributed by atoms with Crippen LogP contribution in [0.1, 0.15) is 15.4 Å². The Morgan fingerprint density at radius 1 is 1.18 bits per heavy atom. The summed E-state index contributed by atoms with van der Waals surface area (Å²) < 4.78 is 26.9. The van der Waals surface area contributed by atoms with Gasteiger partial charge in [0.05, 0.1) is 0 Å². The number of sulfonamides is 1. The fourth-order valence-corrected chi connectivity index (χ4v) is 5.30. The van der Waals surface area contributed by atoms with Gasteiger partial charge in [-0.25, -0.2) is 8.42 Å². The number of aryl methyl sites for hydroxylation is 1. The lowest BCUT2D eigenvalue weighted by atomic mass is 10.3. The number of hydrogen-bond donors (Lipinski definition) is 1. The first kappa shape index (κ1) is 15.3. The molecule has 0 aliphatic carbocycles. The van der Waals surface area contributed by atoms with Crippen LogP contribution in [0.4, 0.5) is 0 Å². The number of rotatable bonds is 3. The van der Waals surface area contributed by atoms with E-state index >= 15 is 0 Å². The van der Waals surface area contributed by atoms with Gasteiger partial charge in [0.2, 0.25) is 0 Å². The van der Waals surface area contributed by atoms with Gasteiger partial charge in [0, 0.05) is 37.3 Å². The quantitative estimate of drug-likeness (QED) is 0.922. The summed E-state index contributed by atoms with van der Waals surface area (Å²) in [5, 5.41) is 0. The van der Waals surface area contributed by atoms with Crippen molar-refractivity contribution in [3.63, 3.8) is 0 Å². The van der Waals surface area contributed by atoms with Crippen LogP contribution in [0.2, 0.25) is 0 Å². The molecule has 6 nitrogen and oxygen atoms in total. The molecule has 22 heavy (non-hydrogen) atoms. The lowest BCUT2D eigenvalue weighted by Gasteiger charge is -2.33. The zero-order chi connectivity index (χ0) is 15.7. The molecule has 1 N–H and O–H groups in total. The molecule has 1 fully saturated rings. The topological polar surface area (TPSA) is 73.5 Å². The number of piperazine rings is 1. The highest BCUT2D eigenvalue weighted by atomic mass is 32.2. The third-order valence-electron chi connectivity index (χ3n) is 3.66. The van der Waals surface area contributed by atoms with Gasteiger partial charge in [-0.2, -0.15) is 4.31 Å². The lowest BCUT2D eigenvalue weighted by molar-refractivity contribution is 0.0693. The van der Waals surface area contributed by atoms with E-state index in [2.05, 4.69) is 4.98 Å². The normalized spacial score (nSPS) is 16.9. The summed E-state index contributed by atoms with van der Waals surface area (Å²) in [6.45, 7) is 3.34. The summed E-state index contributed by atoms with van der Waals surface area (Å²) in [6.07, 6.45) is 1.70. The van der Waals surface area contributed by atoms with E-state index in [0.29, 0.717) is 36.1 Å². The van der Waals surface area contributed by atoms with Crippen LogP contribution in [-0.4, -0.2) is 54.7 Å². The Labute approximate surface area is 133 Å². The van der Waals surface area contributed by atoms with Crippen LogP contribution < -0.4 is 0 Å². The van der Waals surface area contributed by atoms with Crippen molar-refractivity contribution in [3.8, 4) is 0 Å². The molecule has 118 valence electrons. The summed E-state index contributed by atoms with van der Waals surface area (Å²) in [4.78, 5) is 17.8. The van der Waals surface area contributed by atoms with Crippen molar-refractivity contribution in [1.29, 1.82) is 0 Å². The number of hydrogen-bond acceptors (Lipinski definition) is 4. The second kappa shape index (κ2) is 5.86. The number of thiophene rings is 1. The summed E-state index contributed by atoms with van der Waals surface area (Å²) in [5.41, 5.74) is 0.533. The average Bonchev–Trinajstić information content (AvgIpc) is 3.18. The molecule has 0 spiro atoms. The van der Waals surface area contributed by atoms with Gasteiger partial charge in [-0.05, 0) is 31.2 Å². The second-order valence-corrected chi connectivity index (χ2v) is 8.60. The molecule has 0 radical (unpaired) electrons. The van der Waals surface area contributed by atoms with Crippen molar-refractivity contribution >= 4 is 27.3 Å². The highest BCUT2D eigenvalue weighted by Crippen LogP contribution is 2.25. The smallest absolute Gasteiger partial charge is 0.270 e. The van der Waals surface area contributed by atoms with Gasteiger partial charge in [0.25, 0.3) is 15.9 Å². The summed E-state index contributed by atoms with van der Waals surface area (Å²) >= 11 is 1.28. The van der Waals surface area contributed by atoms with E-state index in [1.165, 1.54) is 15.6 Å². The van der Waals surface area contributed by atoms with Gasteiger partial charge < -0.3 is 9.88 Å². The van der Waals surface area contributed by atoms with Gasteiger partial charge in [0.15, 0.2) is 0 Å². The largest absolute Gasteiger partial charge is 0.357 e. The molecule has 1 aliphatic rings. The minimum atomic E-state index is -3.44. The van der Waals surface area contributed by atoms with Crippen molar-refractivity contribution in [2.24, 2.45) is 0 Å². The molecule has 1 aliphatic heterocycles. The van der Waals surface area contributed by atoms with E-state index in [1.807, 2.05) is 13.0 Å². The third kappa shape index (κ3) is 2.81. The molecule has 2 aromatic rings. The molecule has 3 heterocycles. The molecule has 1 saturated heterocycles. The van der Waals surface area contributed by atoms with Crippen LogP contribution in [0.3, 0.4) is 0 Å². The number of aromatic nitrogens is 1. The second-order valence-electron chi connectivity index (χ2n) is 5.15. The molecular formula is C14H17N3O3S2. The van der Waals surface area contributed by atoms with Crippen LogP contribution in [0, 0.1) is 6.92 Å². The van der Waals surface area contributed by atoms with Crippen LogP contribution in [0.25, 0.3) is 0 Å². The molecule has 2 aromatic heterocycles. The average molecular weight is 339 g/mol. The van der Waals surface area contributed by atoms with Crippen molar-refractivity contribution in [1.82, 2.24) is 14.2 Å². The van der Waals surface area contributed by atoms with E-state index in [9.17, 15) is 13.2 Å². The monoisotopic (exact) mass is 339 g/mol. The number of amides is 1. The highest BCUT2D eigenvalue weighted by molar-refractivity contribution is 7.91. The standard InChI is InChI=1S/C14H17N3O3S2/c1-11-4-5-13(21-11)22(19,20)17-9-7-16(8-10-17)14(18)12-3-2-6-15-12/h2-6,15H,7-10H2,1H3. The van der Waals surface area contributed by atoms with Gasteiger partial charge >= 0.3 is 0 Å². The molecule has 0 bridgehead atoms. The predicted octanol–water partition coefficient (Wildman–Crippen LogP) is 1.53. The molecule has 8 heteroatoms. The Morgan fingerprint density at radius 2 is 1.91 bits per heavy atom. The summed E-state index contributed by atoms with van der Waals surface area (Å²) in [6, 6.07) is 6.95. The molecule has 0 aromatic carbocycles. The van der Waals surface area contributed by atoms with Crippen LogP contribution in [-0.2, 0) is 10.0 Å². The summed E-state index contributed by atoms with van der Waals surface area (Å²) in [5.74, 6) is -0.0889. The van der Waals surface area contributed by atoms with Crippen molar-refractivity contribution in [3.05, 3.63) is 41.0 Å². The number of nitrogens with zero attached hydrogens (tertiary/aromatic N) is 2. The predicted molar refractivity (Wildman–Crippen MR) is 84.5 cm³/mol. The Hall–Kier alpha value is -1.64. The van der Waals surface area contributed by atoms with E-state index in [0.717, 1.165) is 4.88 Å². The fraction of sp³-hybridized carbons (Fsp3) is 0.357. The molecule has 3 rings (SSSR count). The molecule has 1 amide bonds. The van der Waals surface area contributed by atoms with Gasteiger partial charge in [-0.1, -0.05) is 0 Å². The van der Waals surface area contributed by atoms with E-state index in [1.54, 1.807) is 29.3 Å². The first-order chi connectivity index (χ1) is 10.5. The van der Waals surface area contributed by atoms with Crippen molar-refractivity contribution in [2.45, 2.75) is 11.1 Å². The Balaban J connectivity index is 1.68. The minimum absolute atomic E-state index is 0.0889. The lowest BCUT2D eigenvalue weighted by Crippen LogP contribution is -2.50. The van der Waals surface area contributed by atoms with Crippen molar-refractivity contribution < 1.29 is 13.2 Å². The van der Waals surface area contributed by atoms with Gasteiger partial charge in [0.1, 0.15) is 9.90 Å². The first-order valence-electron chi connectivity index (χ1n) is 6.98. The third-order valence-corrected chi connectivity index (χ3v) is 7.03. The number of nitrogens with one attached hydrogen (secondary N) is 1. The number of aromatic amines is 1. The van der Waals surface area contributed by atoms with E-state index < -0.39 is 10.0 Å². The summed E-state index contributed by atoms with van der Waals surface area (Å²) in [7, 11) is -3.44. The zero-order valence-electron chi connectivity index (χ0n) is 12.2. The van der Waals surface area contributed by atoms with Crippen LogP contribution in [0.5, 0.6) is 0 Å². The number of carbonyl (C=O) groups is 1. The number of carbonyl (C=O) groups excluding carboxylic acids is 1. The maximum atomic E-state index is 12.5. The van der Waals surface area contributed by atoms with Gasteiger partial charge in [-0.15, -0.1) is 11.3 Å². The maximum Gasteiger partial charge on any atom is 0.270 e. The van der Waals surface area contributed by atoms with Crippen molar-refractivity contribution in [2.75, 3.05) is 26.2 Å². The maximum absolute atomic E-state index is 12.5. The highest BCUT2D eigenvalue weighted by Gasteiger charge is 2.31. The van der Waals surface area contributed by atoms with Gasteiger partial charge in [-0.3, -0.25) is 4.79 Å². The molecule has 0 unspecified atom stereocenters. The SMILES string of the molecule is Cc1ccc(S(=O)(=O)N2CCN(C(=O)c3ccc[nH]3)CC2)s1. The molecule has 0 atom stereocenters. The first-order valence-corrected chi connectivity index (χ1v) is 9.23. The Kier molecular flexibility index (Phi) is 4.07. The molecular weight excluding hydrogens is 322 g/mol. The zero-order valence-corrected chi connectivity index (χ0v) is 13.8. The Bertz CT molecular complexity index is 757. The minimum Gasteiger partial charge on any atom is -0.357 e. The molecule has 0 saturated carbocycles. The van der Waals surface area contributed by atoms with E-state index in [4.69, 9.17) is 0 Å². The number of H-pyrrole nitrogens is 1. The van der Waals surface area contributed by atoms with Crippen LogP contribution >= 0.6 is 11.3 Å².